The third-order valence-electron chi connectivity index (χ3n) is 5.68. The Morgan fingerprint density at radius 2 is 1.66 bits per heavy atom. The van der Waals surface area contributed by atoms with Crippen LogP contribution in [0.3, 0.4) is 0 Å². The number of methoxy groups -OCH3 is 2. The van der Waals surface area contributed by atoms with Gasteiger partial charge in [-0.3, -0.25) is 9.52 Å². The van der Waals surface area contributed by atoms with Crippen molar-refractivity contribution in [2.24, 2.45) is 0 Å². The molecule has 184 valence electrons. The summed E-state index contributed by atoms with van der Waals surface area (Å²) >= 11 is 0. The van der Waals surface area contributed by atoms with Crippen LogP contribution >= 0.6 is 0 Å². The average molecular weight is 498 g/mol. The monoisotopic (exact) mass is 497 g/mol. The van der Waals surface area contributed by atoms with Crippen molar-refractivity contribution in [3.05, 3.63) is 66.4 Å². The predicted molar refractivity (Wildman–Crippen MR) is 131 cm³/mol. The molecule has 10 heteroatoms. The van der Waals surface area contributed by atoms with Gasteiger partial charge in [-0.15, -0.1) is 0 Å². The van der Waals surface area contributed by atoms with Gasteiger partial charge in [0.15, 0.2) is 11.5 Å². The van der Waals surface area contributed by atoms with Crippen molar-refractivity contribution in [1.29, 1.82) is 0 Å². The van der Waals surface area contributed by atoms with E-state index in [1.807, 2.05) is 0 Å². The van der Waals surface area contributed by atoms with E-state index in [2.05, 4.69) is 15.0 Å². The van der Waals surface area contributed by atoms with Gasteiger partial charge in [-0.05, 0) is 55.3 Å². The maximum atomic E-state index is 12.8. The minimum Gasteiger partial charge on any atom is -0.493 e. The Labute approximate surface area is 204 Å². The molecule has 3 aromatic rings. The van der Waals surface area contributed by atoms with Crippen LogP contribution in [-0.4, -0.2) is 39.6 Å². The van der Waals surface area contributed by atoms with Gasteiger partial charge in [0, 0.05) is 30.1 Å². The largest absolute Gasteiger partial charge is 0.493 e. The molecule has 2 N–H and O–H groups in total. The van der Waals surface area contributed by atoms with E-state index < -0.39 is 10.0 Å². The molecule has 1 aromatic heterocycles. The van der Waals surface area contributed by atoms with E-state index in [4.69, 9.17) is 14.2 Å². The summed E-state index contributed by atoms with van der Waals surface area (Å²) in [6.45, 7) is 0. The topological polar surface area (TPSA) is 116 Å². The maximum absolute atomic E-state index is 12.8. The smallest absolute Gasteiger partial charge is 0.262 e. The second-order valence-electron chi connectivity index (χ2n) is 8.09. The first-order chi connectivity index (χ1) is 16.9. The zero-order valence-corrected chi connectivity index (χ0v) is 20.3. The number of hydrogen-bond donors (Lipinski definition) is 2. The van der Waals surface area contributed by atoms with Crippen LogP contribution < -0.4 is 24.2 Å². The van der Waals surface area contributed by atoms with Crippen molar-refractivity contribution in [1.82, 2.24) is 10.3 Å². The molecule has 1 heterocycles. The Hall–Kier alpha value is -3.79. The van der Waals surface area contributed by atoms with Crippen LogP contribution in [0.4, 0.5) is 5.69 Å². The summed E-state index contributed by atoms with van der Waals surface area (Å²) in [6.07, 6.45) is 5.80. The Kier molecular flexibility index (Phi) is 7.40. The van der Waals surface area contributed by atoms with E-state index in [0.29, 0.717) is 34.4 Å². The summed E-state index contributed by atoms with van der Waals surface area (Å²) in [7, 11) is -0.925. The van der Waals surface area contributed by atoms with Gasteiger partial charge in [-0.2, -0.15) is 0 Å². The maximum Gasteiger partial charge on any atom is 0.262 e. The lowest BCUT2D eigenvalue weighted by molar-refractivity contribution is 0.0937. The van der Waals surface area contributed by atoms with Crippen LogP contribution in [0.2, 0.25) is 0 Å². The van der Waals surface area contributed by atoms with Crippen molar-refractivity contribution in [2.75, 3.05) is 18.9 Å². The van der Waals surface area contributed by atoms with Crippen molar-refractivity contribution in [3.8, 4) is 23.1 Å². The van der Waals surface area contributed by atoms with Gasteiger partial charge in [0.1, 0.15) is 5.75 Å². The molecular weight excluding hydrogens is 470 g/mol. The summed E-state index contributed by atoms with van der Waals surface area (Å²) in [6, 6.07) is 14.3. The Bertz CT molecular complexity index is 1270. The van der Waals surface area contributed by atoms with E-state index in [1.165, 1.54) is 38.6 Å². The van der Waals surface area contributed by atoms with E-state index >= 15 is 0 Å². The standard InChI is InChI=1S/C25H27N3O6S/c1-32-22-13-12-21(15-23(22)33-2)35(30,31)28-19-8-10-20(11-9-19)34-24-14-7-17(16-26-24)25(29)27-18-5-3-4-6-18/h7-16,18,28H,3-6H2,1-2H3,(H,27,29). The Morgan fingerprint density at radius 1 is 0.943 bits per heavy atom. The number of carbonyl (C=O) groups excluding carboxylic acids is 1. The molecule has 1 aliphatic rings. The van der Waals surface area contributed by atoms with Gasteiger partial charge in [-0.1, -0.05) is 12.8 Å². The molecule has 0 radical (unpaired) electrons. The number of nitrogens with zero attached hydrogens (tertiary/aromatic N) is 1. The molecule has 0 bridgehead atoms. The van der Waals surface area contributed by atoms with Gasteiger partial charge < -0.3 is 19.5 Å². The highest BCUT2D eigenvalue weighted by molar-refractivity contribution is 7.92. The second kappa shape index (κ2) is 10.6. The fourth-order valence-electron chi connectivity index (χ4n) is 3.82. The highest BCUT2D eigenvalue weighted by Gasteiger charge is 2.19. The highest BCUT2D eigenvalue weighted by Crippen LogP contribution is 2.30. The summed E-state index contributed by atoms with van der Waals surface area (Å²) in [5.41, 5.74) is 0.836. The lowest BCUT2D eigenvalue weighted by Crippen LogP contribution is -2.32. The molecule has 9 nitrogen and oxygen atoms in total. The van der Waals surface area contributed by atoms with E-state index in [-0.39, 0.29) is 16.8 Å². The van der Waals surface area contributed by atoms with E-state index in [1.54, 1.807) is 36.4 Å². The van der Waals surface area contributed by atoms with Crippen LogP contribution in [0.1, 0.15) is 36.0 Å². The zero-order chi connectivity index (χ0) is 24.8. The normalized spacial score (nSPS) is 13.8. The first-order valence-electron chi connectivity index (χ1n) is 11.2. The van der Waals surface area contributed by atoms with Gasteiger partial charge in [0.05, 0.1) is 24.7 Å². The molecule has 0 saturated heterocycles. The van der Waals surface area contributed by atoms with Crippen LogP contribution in [0.25, 0.3) is 0 Å². The number of hydrogen-bond acceptors (Lipinski definition) is 7. The van der Waals surface area contributed by atoms with Crippen LogP contribution in [0.5, 0.6) is 23.1 Å². The quantitative estimate of drug-likeness (QED) is 0.451. The molecule has 2 aromatic carbocycles. The Balaban J connectivity index is 1.37. The summed E-state index contributed by atoms with van der Waals surface area (Å²) in [5, 5.41) is 3.02. The van der Waals surface area contributed by atoms with Crippen molar-refractivity contribution < 1.29 is 27.4 Å². The minimum atomic E-state index is -3.84. The van der Waals surface area contributed by atoms with E-state index in [9.17, 15) is 13.2 Å². The molecule has 1 saturated carbocycles. The fraction of sp³-hybridized carbons (Fsp3) is 0.280. The molecule has 1 aliphatic carbocycles. The molecule has 1 amide bonds. The number of nitrogens with one attached hydrogen (secondary N) is 2. The number of aromatic nitrogens is 1. The molecule has 0 unspecified atom stereocenters. The minimum absolute atomic E-state index is 0.0386. The predicted octanol–water partition coefficient (Wildman–Crippen LogP) is 4.36. The van der Waals surface area contributed by atoms with Crippen molar-refractivity contribution >= 4 is 21.6 Å². The zero-order valence-electron chi connectivity index (χ0n) is 19.5. The third kappa shape index (κ3) is 6.02. The van der Waals surface area contributed by atoms with E-state index in [0.717, 1.165) is 25.7 Å². The van der Waals surface area contributed by atoms with Gasteiger partial charge >= 0.3 is 0 Å². The molecule has 0 atom stereocenters. The molecule has 0 spiro atoms. The summed E-state index contributed by atoms with van der Waals surface area (Å²) < 4.78 is 44.1. The molecule has 4 rings (SSSR count). The van der Waals surface area contributed by atoms with Gasteiger partial charge in [0.25, 0.3) is 15.9 Å². The number of ether oxygens (including phenoxy) is 3. The second-order valence-corrected chi connectivity index (χ2v) is 9.77. The van der Waals surface area contributed by atoms with Crippen LogP contribution in [0.15, 0.2) is 65.7 Å². The summed E-state index contributed by atoms with van der Waals surface area (Å²) in [5.74, 6) is 1.40. The average Bonchev–Trinajstić information content (AvgIpc) is 3.38. The van der Waals surface area contributed by atoms with Gasteiger partial charge in [0.2, 0.25) is 5.88 Å². The summed E-state index contributed by atoms with van der Waals surface area (Å²) in [4.78, 5) is 16.6. The molecular formula is C25H27N3O6S. The SMILES string of the molecule is COc1ccc(S(=O)(=O)Nc2ccc(Oc3ccc(C(=O)NC4CCCC4)cn3)cc2)cc1OC. The van der Waals surface area contributed by atoms with Gasteiger partial charge in [-0.25, -0.2) is 13.4 Å². The third-order valence-corrected chi connectivity index (χ3v) is 7.06. The Morgan fingerprint density at radius 3 is 2.29 bits per heavy atom. The number of rotatable bonds is 9. The number of anilines is 1. The molecule has 0 aliphatic heterocycles. The molecule has 35 heavy (non-hydrogen) atoms. The molecule has 1 fully saturated rings. The number of benzene rings is 2. The first-order valence-corrected chi connectivity index (χ1v) is 12.7. The lowest BCUT2D eigenvalue weighted by atomic mass is 10.2. The highest BCUT2D eigenvalue weighted by atomic mass is 32.2. The fourth-order valence-corrected chi connectivity index (χ4v) is 4.90. The van der Waals surface area contributed by atoms with Crippen LogP contribution in [-0.2, 0) is 10.0 Å². The van der Waals surface area contributed by atoms with Crippen molar-refractivity contribution in [3.63, 3.8) is 0 Å². The lowest BCUT2D eigenvalue weighted by Gasteiger charge is -2.12. The number of sulfonamides is 1. The van der Waals surface area contributed by atoms with Crippen LogP contribution in [0, 0.1) is 0 Å². The number of carbonyl (C=O) groups is 1. The number of pyridine rings is 1. The first kappa shape index (κ1) is 24.3. The number of amides is 1. The van der Waals surface area contributed by atoms with Crippen molar-refractivity contribution in [2.45, 2.75) is 36.6 Å².